The van der Waals surface area contributed by atoms with E-state index in [1.54, 1.807) is 23.1 Å². The summed E-state index contributed by atoms with van der Waals surface area (Å²) in [5.41, 5.74) is 1.86. The molecule has 4 aromatic rings. The molecule has 0 aliphatic carbocycles. The SMILES string of the molecule is COc1ccc2cc1OCC(=O)NCc1ccc(cc1)O[C@H]1CN(C(=O)c3csc4ccccc34)C[C@@H]1NC2=O. The first-order chi connectivity index (χ1) is 19.5. The average Bonchev–Trinajstić information content (AvgIpc) is 3.59. The highest BCUT2D eigenvalue weighted by Gasteiger charge is 2.39. The van der Waals surface area contributed by atoms with Crippen LogP contribution < -0.4 is 24.8 Å². The summed E-state index contributed by atoms with van der Waals surface area (Å²) in [4.78, 5) is 41.1. The maximum absolute atomic E-state index is 13.6. The van der Waals surface area contributed by atoms with Crippen molar-refractivity contribution in [2.45, 2.75) is 18.7 Å². The molecule has 40 heavy (non-hydrogen) atoms. The van der Waals surface area contributed by atoms with E-state index in [1.165, 1.54) is 18.4 Å². The molecule has 7 rings (SSSR count). The first-order valence-corrected chi connectivity index (χ1v) is 13.8. The van der Waals surface area contributed by atoms with Crippen LogP contribution in [0.3, 0.4) is 0 Å². The molecule has 10 heteroatoms. The zero-order chi connectivity index (χ0) is 27.6. The molecule has 3 amide bonds. The number of ether oxygens (including phenoxy) is 3. The number of nitrogens with one attached hydrogen (secondary N) is 2. The smallest absolute Gasteiger partial charge is 0.258 e. The van der Waals surface area contributed by atoms with Gasteiger partial charge in [0.05, 0.1) is 25.3 Å². The lowest BCUT2D eigenvalue weighted by Gasteiger charge is -2.21. The summed E-state index contributed by atoms with van der Waals surface area (Å²) >= 11 is 1.53. The van der Waals surface area contributed by atoms with Crippen LogP contribution in [-0.4, -0.2) is 61.6 Å². The fraction of sp³-hybridized carbons (Fsp3) is 0.233. The average molecular weight is 558 g/mol. The van der Waals surface area contributed by atoms with Crippen LogP contribution in [0.15, 0.2) is 72.1 Å². The number of carbonyl (C=O) groups is 3. The first-order valence-electron chi connectivity index (χ1n) is 12.9. The van der Waals surface area contributed by atoms with Gasteiger partial charge in [-0.05, 0) is 42.0 Å². The maximum Gasteiger partial charge on any atom is 0.258 e. The van der Waals surface area contributed by atoms with Crippen molar-refractivity contribution in [2.24, 2.45) is 0 Å². The van der Waals surface area contributed by atoms with Gasteiger partial charge in [0.15, 0.2) is 18.1 Å². The van der Waals surface area contributed by atoms with Crippen molar-refractivity contribution in [1.82, 2.24) is 15.5 Å². The third-order valence-corrected chi connectivity index (χ3v) is 8.03. The van der Waals surface area contributed by atoms with Crippen LogP contribution >= 0.6 is 11.3 Å². The molecule has 1 aromatic heterocycles. The number of nitrogens with zero attached hydrogens (tertiary/aromatic N) is 1. The fourth-order valence-electron chi connectivity index (χ4n) is 4.95. The molecule has 2 atom stereocenters. The van der Waals surface area contributed by atoms with E-state index in [0.717, 1.165) is 15.6 Å². The van der Waals surface area contributed by atoms with E-state index in [9.17, 15) is 14.4 Å². The lowest BCUT2D eigenvalue weighted by molar-refractivity contribution is -0.123. The van der Waals surface area contributed by atoms with Gasteiger partial charge in [-0.25, -0.2) is 0 Å². The van der Waals surface area contributed by atoms with Gasteiger partial charge in [0.2, 0.25) is 0 Å². The summed E-state index contributed by atoms with van der Waals surface area (Å²) in [5, 5.41) is 8.67. The molecule has 3 aliphatic rings. The Balaban J connectivity index is 1.31. The highest BCUT2D eigenvalue weighted by molar-refractivity contribution is 7.17. The Morgan fingerprint density at radius 2 is 1.88 bits per heavy atom. The van der Waals surface area contributed by atoms with Gasteiger partial charge in [0.25, 0.3) is 17.7 Å². The Hall–Kier alpha value is -4.57. The summed E-state index contributed by atoms with van der Waals surface area (Å²) in [6.45, 7) is 0.683. The lowest BCUT2D eigenvalue weighted by Crippen LogP contribution is -2.45. The third-order valence-electron chi connectivity index (χ3n) is 7.07. The van der Waals surface area contributed by atoms with Crippen LogP contribution in [0.1, 0.15) is 26.3 Å². The summed E-state index contributed by atoms with van der Waals surface area (Å²) < 4.78 is 18.4. The molecule has 9 nitrogen and oxygen atoms in total. The van der Waals surface area contributed by atoms with Crippen molar-refractivity contribution in [2.75, 3.05) is 26.8 Å². The quantitative estimate of drug-likeness (QED) is 0.390. The maximum atomic E-state index is 13.6. The summed E-state index contributed by atoms with van der Waals surface area (Å²) in [7, 11) is 1.49. The number of methoxy groups -OCH3 is 1. The topological polar surface area (TPSA) is 106 Å². The van der Waals surface area contributed by atoms with Crippen LogP contribution in [0.25, 0.3) is 10.1 Å². The number of benzene rings is 3. The van der Waals surface area contributed by atoms with Gasteiger partial charge in [-0.15, -0.1) is 11.3 Å². The van der Waals surface area contributed by atoms with Gasteiger partial charge in [0, 0.05) is 34.1 Å². The second kappa shape index (κ2) is 10.9. The molecule has 3 aliphatic heterocycles. The molecule has 2 N–H and O–H groups in total. The minimum atomic E-state index is -0.479. The van der Waals surface area contributed by atoms with Gasteiger partial charge in [0.1, 0.15) is 11.9 Å². The zero-order valence-electron chi connectivity index (χ0n) is 21.7. The van der Waals surface area contributed by atoms with Gasteiger partial charge in [-0.1, -0.05) is 30.3 Å². The zero-order valence-corrected chi connectivity index (χ0v) is 22.5. The normalized spacial score (nSPS) is 19.2. The predicted molar refractivity (Wildman–Crippen MR) is 150 cm³/mol. The summed E-state index contributed by atoms with van der Waals surface area (Å²) in [6.07, 6.45) is -0.479. The largest absolute Gasteiger partial charge is 0.493 e. The van der Waals surface area contributed by atoms with E-state index in [4.69, 9.17) is 14.2 Å². The molecule has 1 saturated heterocycles. The van der Waals surface area contributed by atoms with Crippen LogP contribution in [0.5, 0.6) is 17.2 Å². The molecule has 3 aromatic carbocycles. The van der Waals surface area contributed by atoms with Crippen LogP contribution in [0.4, 0.5) is 0 Å². The minimum absolute atomic E-state index is 0.101. The molecule has 4 heterocycles. The summed E-state index contributed by atoms with van der Waals surface area (Å²) in [6, 6.07) is 19.5. The van der Waals surface area contributed by atoms with Gasteiger partial charge >= 0.3 is 0 Å². The Bertz CT molecular complexity index is 1580. The van der Waals surface area contributed by atoms with E-state index in [-0.39, 0.29) is 36.6 Å². The van der Waals surface area contributed by atoms with Crippen molar-refractivity contribution < 1.29 is 28.6 Å². The minimum Gasteiger partial charge on any atom is -0.493 e. The molecule has 4 bridgehead atoms. The molecule has 0 spiro atoms. The van der Waals surface area contributed by atoms with E-state index in [2.05, 4.69) is 10.6 Å². The molecule has 204 valence electrons. The highest BCUT2D eigenvalue weighted by atomic mass is 32.1. The first kappa shape index (κ1) is 25.7. The van der Waals surface area contributed by atoms with Gasteiger partial charge in [-0.3, -0.25) is 14.4 Å². The number of hydrogen-bond acceptors (Lipinski definition) is 7. The van der Waals surface area contributed by atoms with Crippen LogP contribution in [-0.2, 0) is 11.3 Å². The van der Waals surface area contributed by atoms with Crippen molar-refractivity contribution in [3.8, 4) is 17.2 Å². The standard InChI is InChI=1S/C30H27N3O6S/c1-37-24-11-8-19-12-25(24)38-16-28(34)31-13-18-6-9-20(10-7-18)39-26-15-33(14-23(26)32-29(19)35)30(36)22-17-40-27-5-3-2-4-21(22)27/h2-12,17,23,26H,13-16H2,1H3,(H,31,34)(H,32,35)/t23-,26-/m0/s1. The van der Waals surface area contributed by atoms with Crippen LogP contribution in [0.2, 0.25) is 0 Å². The predicted octanol–water partition coefficient (Wildman–Crippen LogP) is 3.62. The molecule has 0 radical (unpaired) electrons. The highest BCUT2D eigenvalue weighted by Crippen LogP contribution is 2.30. The van der Waals surface area contributed by atoms with Crippen molar-refractivity contribution in [3.05, 3.63) is 88.8 Å². The molecular formula is C30H27N3O6S. The third kappa shape index (κ3) is 5.17. The Kier molecular flexibility index (Phi) is 7.00. The van der Waals surface area contributed by atoms with E-state index in [1.807, 2.05) is 53.9 Å². The molecule has 0 saturated carbocycles. The van der Waals surface area contributed by atoms with Crippen LogP contribution in [0, 0.1) is 0 Å². The van der Waals surface area contributed by atoms with Crippen molar-refractivity contribution >= 4 is 39.1 Å². The number of carbonyl (C=O) groups excluding carboxylic acids is 3. The van der Waals surface area contributed by atoms with E-state index < -0.39 is 12.1 Å². The number of amides is 3. The number of likely N-dealkylation sites (tertiary alicyclic amines) is 1. The van der Waals surface area contributed by atoms with Gasteiger partial charge < -0.3 is 29.7 Å². The van der Waals surface area contributed by atoms with E-state index >= 15 is 0 Å². The monoisotopic (exact) mass is 557 g/mol. The second-order valence-corrected chi connectivity index (χ2v) is 10.6. The molecule has 0 unspecified atom stereocenters. The fourth-order valence-corrected chi connectivity index (χ4v) is 5.88. The van der Waals surface area contributed by atoms with E-state index in [0.29, 0.717) is 35.7 Å². The second-order valence-electron chi connectivity index (χ2n) is 9.67. The number of rotatable bonds is 2. The Labute approximate surface area is 234 Å². The number of thiophene rings is 1. The Morgan fingerprint density at radius 1 is 1.05 bits per heavy atom. The lowest BCUT2D eigenvalue weighted by atomic mass is 10.1. The van der Waals surface area contributed by atoms with Crippen molar-refractivity contribution in [3.63, 3.8) is 0 Å². The molecular weight excluding hydrogens is 530 g/mol. The summed E-state index contributed by atoms with van der Waals surface area (Å²) in [5.74, 6) is 0.521. The number of hydrogen-bond donors (Lipinski definition) is 2. The Morgan fingerprint density at radius 3 is 2.70 bits per heavy atom. The number of fused-ring (bicyclic) bond motifs is 8. The van der Waals surface area contributed by atoms with Gasteiger partial charge in [-0.2, -0.15) is 0 Å². The molecule has 1 fully saturated rings. The van der Waals surface area contributed by atoms with Crippen molar-refractivity contribution in [1.29, 1.82) is 0 Å².